The number of rotatable bonds is 7. The highest BCUT2D eigenvalue weighted by atomic mass is 32.2. The SMILES string of the molecule is Cc1ccc(C(NC(=O)CSc2nnc(C)n2-c2ccc(C)cc2)c2cccs2)cc1. The highest BCUT2D eigenvalue weighted by molar-refractivity contribution is 7.99. The molecule has 2 aromatic carbocycles. The molecule has 0 spiro atoms. The second-order valence-electron chi connectivity index (χ2n) is 7.42. The van der Waals surface area contributed by atoms with Crippen molar-refractivity contribution in [3.63, 3.8) is 0 Å². The minimum atomic E-state index is -0.162. The van der Waals surface area contributed by atoms with E-state index in [0.29, 0.717) is 5.16 Å². The van der Waals surface area contributed by atoms with Crippen molar-refractivity contribution in [2.24, 2.45) is 0 Å². The van der Waals surface area contributed by atoms with E-state index in [9.17, 15) is 4.79 Å². The third-order valence-electron chi connectivity index (χ3n) is 4.96. The van der Waals surface area contributed by atoms with Crippen LogP contribution in [0.4, 0.5) is 0 Å². The number of aromatic nitrogens is 3. The van der Waals surface area contributed by atoms with Crippen molar-refractivity contribution in [1.29, 1.82) is 0 Å². The molecule has 5 nitrogen and oxygen atoms in total. The molecule has 7 heteroatoms. The first-order valence-corrected chi connectivity index (χ1v) is 11.9. The normalized spacial score (nSPS) is 12.0. The third-order valence-corrected chi connectivity index (χ3v) is 6.83. The molecule has 0 aliphatic carbocycles. The predicted octanol–water partition coefficient (Wildman–Crippen LogP) is 5.25. The van der Waals surface area contributed by atoms with E-state index >= 15 is 0 Å². The summed E-state index contributed by atoms with van der Waals surface area (Å²) in [4.78, 5) is 14.0. The van der Waals surface area contributed by atoms with Gasteiger partial charge in [-0.1, -0.05) is 65.4 Å². The minimum absolute atomic E-state index is 0.0416. The van der Waals surface area contributed by atoms with Crippen LogP contribution in [-0.2, 0) is 4.79 Å². The summed E-state index contributed by atoms with van der Waals surface area (Å²) < 4.78 is 1.98. The van der Waals surface area contributed by atoms with Crippen LogP contribution < -0.4 is 5.32 Å². The van der Waals surface area contributed by atoms with Crippen molar-refractivity contribution in [2.45, 2.75) is 32.0 Å². The summed E-state index contributed by atoms with van der Waals surface area (Å²) in [5, 5.41) is 14.4. The van der Waals surface area contributed by atoms with Gasteiger partial charge in [0.05, 0.1) is 11.8 Å². The average molecular weight is 449 g/mol. The van der Waals surface area contributed by atoms with Crippen LogP contribution in [0, 0.1) is 20.8 Å². The molecule has 0 fully saturated rings. The summed E-state index contributed by atoms with van der Waals surface area (Å²) in [6.07, 6.45) is 0. The quantitative estimate of drug-likeness (QED) is 0.392. The first kappa shape index (κ1) is 21.3. The van der Waals surface area contributed by atoms with E-state index in [0.717, 1.165) is 22.0 Å². The summed E-state index contributed by atoms with van der Waals surface area (Å²) in [5.74, 6) is 1.01. The number of thioether (sulfide) groups is 1. The number of amides is 1. The smallest absolute Gasteiger partial charge is 0.231 e. The van der Waals surface area contributed by atoms with Gasteiger partial charge >= 0.3 is 0 Å². The summed E-state index contributed by atoms with van der Waals surface area (Å²) in [7, 11) is 0. The van der Waals surface area contributed by atoms with Crippen molar-refractivity contribution in [3.8, 4) is 5.69 Å². The molecule has 0 aliphatic heterocycles. The summed E-state index contributed by atoms with van der Waals surface area (Å²) in [6.45, 7) is 6.04. The second kappa shape index (κ2) is 9.49. The number of carbonyl (C=O) groups excluding carboxylic acids is 1. The van der Waals surface area contributed by atoms with Crippen LogP contribution in [0.3, 0.4) is 0 Å². The lowest BCUT2D eigenvalue weighted by molar-refractivity contribution is -0.119. The molecule has 0 radical (unpaired) electrons. The summed E-state index contributed by atoms with van der Waals surface area (Å²) in [6, 6.07) is 20.4. The Morgan fingerprint density at radius 3 is 2.32 bits per heavy atom. The molecule has 0 bridgehead atoms. The summed E-state index contributed by atoms with van der Waals surface area (Å²) >= 11 is 3.04. The topological polar surface area (TPSA) is 59.8 Å². The van der Waals surface area contributed by atoms with Gasteiger partial charge in [0.25, 0.3) is 0 Å². The summed E-state index contributed by atoms with van der Waals surface area (Å²) in [5.41, 5.74) is 4.46. The van der Waals surface area contributed by atoms with Gasteiger partial charge in [0, 0.05) is 10.6 Å². The van der Waals surface area contributed by atoms with Crippen LogP contribution in [-0.4, -0.2) is 26.4 Å². The van der Waals surface area contributed by atoms with Crippen LogP contribution >= 0.6 is 23.1 Å². The van der Waals surface area contributed by atoms with Gasteiger partial charge in [-0.3, -0.25) is 9.36 Å². The molecule has 158 valence electrons. The molecular formula is C24H24N4OS2. The van der Waals surface area contributed by atoms with Gasteiger partial charge in [-0.2, -0.15) is 0 Å². The number of aryl methyl sites for hydroxylation is 3. The van der Waals surface area contributed by atoms with Gasteiger partial charge in [0.1, 0.15) is 5.82 Å². The van der Waals surface area contributed by atoms with E-state index in [1.54, 1.807) is 11.3 Å². The molecule has 2 aromatic heterocycles. The molecule has 1 unspecified atom stereocenters. The van der Waals surface area contributed by atoms with Crippen molar-refractivity contribution >= 4 is 29.0 Å². The van der Waals surface area contributed by atoms with Gasteiger partial charge < -0.3 is 5.32 Å². The monoisotopic (exact) mass is 448 g/mol. The van der Waals surface area contributed by atoms with E-state index < -0.39 is 0 Å². The van der Waals surface area contributed by atoms with E-state index in [4.69, 9.17) is 0 Å². The molecule has 0 saturated heterocycles. The van der Waals surface area contributed by atoms with Crippen LogP contribution in [0.15, 0.2) is 71.2 Å². The van der Waals surface area contributed by atoms with Crippen LogP contribution in [0.2, 0.25) is 0 Å². The van der Waals surface area contributed by atoms with Crippen molar-refractivity contribution in [3.05, 3.63) is 93.4 Å². The number of nitrogens with one attached hydrogen (secondary N) is 1. The number of thiophene rings is 1. The molecule has 31 heavy (non-hydrogen) atoms. The standard InChI is InChI=1S/C24H24N4OS2/c1-16-6-10-19(11-7-16)23(21-5-4-14-30-21)25-22(29)15-31-24-27-26-18(3)28(24)20-12-8-17(2)9-13-20/h4-14,23H,15H2,1-3H3,(H,25,29). The predicted molar refractivity (Wildman–Crippen MR) is 127 cm³/mol. The van der Waals surface area contributed by atoms with E-state index in [2.05, 4.69) is 71.8 Å². The second-order valence-corrected chi connectivity index (χ2v) is 9.34. The Balaban J connectivity index is 1.48. The minimum Gasteiger partial charge on any atom is -0.344 e. The molecule has 4 rings (SSSR count). The van der Waals surface area contributed by atoms with Gasteiger partial charge in [-0.05, 0) is 49.9 Å². The average Bonchev–Trinajstić information content (AvgIpc) is 3.42. The number of nitrogens with zero attached hydrogens (tertiary/aromatic N) is 3. The third kappa shape index (κ3) is 5.06. The van der Waals surface area contributed by atoms with Crippen molar-refractivity contribution < 1.29 is 4.79 Å². The fraction of sp³-hybridized carbons (Fsp3) is 0.208. The molecule has 1 atom stereocenters. The molecular weight excluding hydrogens is 424 g/mol. The molecule has 1 amide bonds. The Morgan fingerprint density at radius 1 is 1.00 bits per heavy atom. The van der Waals surface area contributed by atoms with Crippen molar-refractivity contribution in [2.75, 3.05) is 5.75 Å². The van der Waals surface area contributed by atoms with Gasteiger partial charge in [0.15, 0.2) is 5.16 Å². The van der Waals surface area contributed by atoms with Crippen LogP contribution in [0.5, 0.6) is 0 Å². The maximum atomic E-state index is 12.9. The zero-order valence-corrected chi connectivity index (χ0v) is 19.3. The largest absolute Gasteiger partial charge is 0.344 e. The molecule has 0 aliphatic rings. The van der Waals surface area contributed by atoms with Crippen LogP contribution in [0.25, 0.3) is 5.69 Å². The number of hydrogen-bond acceptors (Lipinski definition) is 5. The molecule has 1 N–H and O–H groups in total. The molecule has 4 aromatic rings. The Labute approximate surface area is 190 Å². The van der Waals surface area contributed by atoms with E-state index in [-0.39, 0.29) is 17.7 Å². The van der Waals surface area contributed by atoms with Crippen molar-refractivity contribution in [1.82, 2.24) is 20.1 Å². The fourth-order valence-electron chi connectivity index (χ4n) is 3.29. The Kier molecular flexibility index (Phi) is 6.53. The lowest BCUT2D eigenvalue weighted by Gasteiger charge is -2.18. The van der Waals surface area contributed by atoms with Crippen LogP contribution in [0.1, 0.15) is 33.4 Å². The molecule has 0 saturated carbocycles. The maximum Gasteiger partial charge on any atom is 0.231 e. The highest BCUT2D eigenvalue weighted by Crippen LogP contribution is 2.27. The van der Waals surface area contributed by atoms with E-state index in [1.807, 2.05) is 35.1 Å². The number of hydrogen-bond donors (Lipinski definition) is 1. The zero-order chi connectivity index (χ0) is 21.8. The first-order valence-electron chi connectivity index (χ1n) is 10.0. The highest BCUT2D eigenvalue weighted by Gasteiger charge is 2.19. The number of carbonyl (C=O) groups is 1. The lowest BCUT2D eigenvalue weighted by Crippen LogP contribution is -2.30. The van der Waals surface area contributed by atoms with E-state index in [1.165, 1.54) is 22.9 Å². The maximum absolute atomic E-state index is 12.9. The zero-order valence-electron chi connectivity index (χ0n) is 17.7. The van der Waals surface area contributed by atoms with Gasteiger partial charge in [-0.25, -0.2) is 0 Å². The Bertz CT molecular complexity index is 1150. The first-order chi connectivity index (χ1) is 15.0. The Hall–Kier alpha value is -2.90. The lowest BCUT2D eigenvalue weighted by atomic mass is 10.0. The van der Waals surface area contributed by atoms with Gasteiger partial charge in [0.2, 0.25) is 5.91 Å². The van der Waals surface area contributed by atoms with Gasteiger partial charge in [-0.15, -0.1) is 21.5 Å². The fourth-order valence-corrected chi connectivity index (χ4v) is 4.90. The Morgan fingerprint density at radius 2 is 1.68 bits per heavy atom. The number of benzene rings is 2. The molecule has 2 heterocycles.